The molecule has 5 heteroatoms. The number of nitriles is 1. The number of piperidine rings is 1. The maximum absolute atomic E-state index is 13.1. The minimum Gasteiger partial charge on any atom is -0.356 e. The third kappa shape index (κ3) is 1.56. The molecule has 0 bridgehead atoms. The Labute approximate surface area is 104 Å². The molecule has 0 N–H and O–H groups in total. The first-order chi connectivity index (χ1) is 8.54. The Bertz CT molecular complexity index is 522. The van der Waals surface area contributed by atoms with Gasteiger partial charge < -0.3 is 4.90 Å². The zero-order chi connectivity index (χ0) is 12.9. The molecule has 2 fully saturated rings. The molecule has 0 aromatic carbocycles. The molecule has 3 rings (SSSR count). The van der Waals surface area contributed by atoms with E-state index in [0.717, 1.165) is 17.1 Å². The summed E-state index contributed by atoms with van der Waals surface area (Å²) in [6.07, 6.45) is 0.336. The molecular formula is C13H13F2N3. The van der Waals surface area contributed by atoms with E-state index in [0.29, 0.717) is 19.5 Å². The standard InChI is InChI=1S/C13H13F2N3/c1-8-9(4-5-16)2-3-12(17-8)18-6-10-11(7-18)13(10,14)15/h2-3,10-11H,4,6-7H2,1H3. The van der Waals surface area contributed by atoms with Gasteiger partial charge in [0.15, 0.2) is 0 Å². The van der Waals surface area contributed by atoms with Crippen LogP contribution in [0.15, 0.2) is 12.1 Å². The molecule has 0 spiro atoms. The Morgan fingerprint density at radius 2 is 2.11 bits per heavy atom. The first-order valence-electron chi connectivity index (χ1n) is 6.00. The van der Waals surface area contributed by atoms with Gasteiger partial charge in [-0.3, -0.25) is 0 Å². The molecule has 1 aliphatic heterocycles. The molecule has 0 amide bonds. The molecule has 0 radical (unpaired) electrons. The van der Waals surface area contributed by atoms with Crippen LogP contribution in [0.4, 0.5) is 14.6 Å². The Morgan fingerprint density at radius 3 is 2.67 bits per heavy atom. The first kappa shape index (κ1) is 11.4. The van der Waals surface area contributed by atoms with E-state index in [4.69, 9.17) is 5.26 Å². The summed E-state index contributed by atoms with van der Waals surface area (Å²) < 4.78 is 26.2. The highest BCUT2D eigenvalue weighted by Gasteiger charge is 2.71. The van der Waals surface area contributed by atoms with Crippen LogP contribution in [-0.4, -0.2) is 24.0 Å². The molecule has 1 saturated carbocycles. The monoisotopic (exact) mass is 249 g/mol. The van der Waals surface area contributed by atoms with Crippen molar-refractivity contribution < 1.29 is 8.78 Å². The van der Waals surface area contributed by atoms with Gasteiger partial charge in [0.25, 0.3) is 5.92 Å². The lowest BCUT2D eigenvalue weighted by molar-refractivity contribution is 0.0797. The van der Waals surface area contributed by atoms with Gasteiger partial charge in [-0.05, 0) is 18.6 Å². The number of alkyl halides is 2. The highest BCUT2D eigenvalue weighted by atomic mass is 19.3. The van der Waals surface area contributed by atoms with Crippen LogP contribution in [0, 0.1) is 30.1 Å². The SMILES string of the molecule is Cc1nc(N2CC3C(C2)C3(F)F)ccc1CC#N. The van der Waals surface area contributed by atoms with Gasteiger partial charge in [-0.1, -0.05) is 6.07 Å². The third-order valence-electron chi connectivity index (χ3n) is 3.97. The highest BCUT2D eigenvalue weighted by Crippen LogP contribution is 2.59. The van der Waals surface area contributed by atoms with Gasteiger partial charge >= 0.3 is 0 Å². The summed E-state index contributed by atoms with van der Waals surface area (Å²) in [5, 5.41) is 8.65. The van der Waals surface area contributed by atoms with Gasteiger partial charge in [-0.2, -0.15) is 5.26 Å². The lowest BCUT2D eigenvalue weighted by Crippen LogP contribution is -2.28. The second-order valence-electron chi connectivity index (χ2n) is 5.04. The average Bonchev–Trinajstić information content (AvgIpc) is 2.73. The van der Waals surface area contributed by atoms with Crippen molar-refractivity contribution in [3.05, 3.63) is 23.4 Å². The van der Waals surface area contributed by atoms with Gasteiger partial charge in [0, 0.05) is 18.8 Å². The van der Waals surface area contributed by atoms with Gasteiger partial charge in [-0.15, -0.1) is 0 Å². The van der Waals surface area contributed by atoms with Crippen molar-refractivity contribution in [1.29, 1.82) is 5.26 Å². The van der Waals surface area contributed by atoms with Crippen LogP contribution in [-0.2, 0) is 6.42 Å². The third-order valence-corrected chi connectivity index (χ3v) is 3.97. The van der Waals surface area contributed by atoms with Gasteiger partial charge in [0.1, 0.15) is 5.82 Å². The normalized spacial score (nSPS) is 27.8. The maximum atomic E-state index is 13.1. The van der Waals surface area contributed by atoms with E-state index in [9.17, 15) is 8.78 Å². The molecule has 1 saturated heterocycles. The lowest BCUT2D eigenvalue weighted by atomic mass is 10.1. The van der Waals surface area contributed by atoms with E-state index in [1.807, 2.05) is 24.0 Å². The minimum absolute atomic E-state index is 0.336. The molecule has 1 aliphatic carbocycles. The number of halogens is 2. The van der Waals surface area contributed by atoms with Crippen molar-refractivity contribution in [3.8, 4) is 6.07 Å². The largest absolute Gasteiger partial charge is 0.356 e. The van der Waals surface area contributed by atoms with Crippen molar-refractivity contribution in [1.82, 2.24) is 4.98 Å². The molecule has 1 aromatic rings. The molecule has 1 aromatic heterocycles. The molecule has 2 aliphatic rings. The second-order valence-corrected chi connectivity index (χ2v) is 5.04. The summed E-state index contributed by atoms with van der Waals surface area (Å²) >= 11 is 0. The number of nitrogens with zero attached hydrogens (tertiary/aromatic N) is 3. The van der Waals surface area contributed by atoms with Crippen molar-refractivity contribution in [3.63, 3.8) is 0 Å². The molecular weight excluding hydrogens is 236 g/mol. The number of rotatable bonds is 2. The fourth-order valence-electron chi connectivity index (χ4n) is 2.72. The molecule has 2 heterocycles. The molecule has 2 atom stereocenters. The maximum Gasteiger partial charge on any atom is 0.258 e. The number of fused-ring (bicyclic) bond motifs is 1. The van der Waals surface area contributed by atoms with Crippen LogP contribution in [0.3, 0.4) is 0 Å². The zero-order valence-corrected chi connectivity index (χ0v) is 10.0. The fourth-order valence-corrected chi connectivity index (χ4v) is 2.72. The Hall–Kier alpha value is -1.70. The summed E-state index contributed by atoms with van der Waals surface area (Å²) in [4.78, 5) is 6.32. The van der Waals surface area contributed by atoms with Gasteiger partial charge in [-0.25, -0.2) is 13.8 Å². The number of hydrogen-bond acceptors (Lipinski definition) is 3. The molecule has 3 nitrogen and oxygen atoms in total. The molecule has 18 heavy (non-hydrogen) atoms. The van der Waals surface area contributed by atoms with Gasteiger partial charge in [0.05, 0.1) is 24.3 Å². The number of anilines is 1. The zero-order valence-electron chi connectivity index (χ0n) is 10.0. The van der Waals surface area contributed by atoms with Crippen LogP contribution < -0.4 is 4.90 Å². The Balaban J connectivity index is 1.76. The fraction of sp³-hybridized carbons (Fsp3) is 0.538. The summed E-state index contributed by atoms with van der Waals surface area (Å²) in [6, 6.07) is 5.77. The van der Waals surface area contributed by atoms with E-state index < -0.39 is 17.8 Å². The number of hydrogen-bond donors (Lipinski definition) is 0. The second kappa shape index (κ2) is 3.64. The van der Waals surface area contributed by atoms with Crippen LogP contribution >= 0.6 is 0 Å². The van der Waals surface area contributed by atoms with Crippen molar-refractivity contribution in [2.24, 2.45) is 11.8 Å². The van der Waals surface area contributed by atoms with Crippen LogP contribution in [0.5, 0.6) is 0 Å². The Morgan fingerprint density at radius 1 is 1.44 bits per heavy atom. The number of pyridine rings is 1. The number of aryl methyl sites for hydroxylation is 1. The molecule has 2 unspecified atom stereocenters. The van der Waals surface area contributed by atoms with Crippen molar-refractivity contribution in [2.45, 2.75) is 19.3 Å². The Kier molecular flexibility index (Phi) is 2.31. The number of aromatic nitrogens is 1. The average molecular weight is 249 g/mol. The smallest absolute Gasteiger partial charge is 0.258 e. The first-order valence-corrected chi connectivity index (χ1v) is 6.00. The topological polar surface area (TPSA) is 39.9 Å². The van der Waals surface area contributed by atoms with E-state index in [1.165, 1.54) is 0 Å². The van der Waals surface area contributed by atoms with E-state index in [1.54, 1.807) is 0 Å². The van der Waals surface area contributed by atoms with E-state index in [-0.39, 0.29) is 0 Å². The lowest BCUT2D eigenvalue weighted by Gasteiger charge is -2.21. The van der Waals surface area contributed by atoms with Crippen LogP contribution in [0.25, 0.3) is 0 Å². The quantitative estimate of drug-likeness (QED) is 0.806. The van der Waals surface area contributed by atoms with Gasteiger partial charge in [0.2, 0.25) is 0 Å². The van der Waals surface area contributed by atoms with Crippen molar-refractivity contribution >= 4 is 5.82 Å². The highest BCUT2D eigenvalue weighted by molar-refractivity contribution is 5.45. The van der Waals surface area contributed by atoms with E-state index >= 15 is 0 Å². The predicted molar refractivity (Wildman–Crippen MR) is 62.4 cm³/mol. The summed E-state index contributed by atoms with van der Waals surface area (Å²) in [6.45, 7) is 2.63. The summed E-state index contributed by atoms with van der Waals surface area (Å²) in [7, 11) is 0. The molecule has 94 valence electrons. The minimum atomic E-state index is -2.45. The van der Waals surface area contributed by atoms with Crippen molar-refractivity contribution in [2.75, 3.05) is 18.0 Å². The van der Waals surface area contributed by atoms with E-state index in [2.05, 4.69) is 11.1 Å². The summed E-state index contributed by atoms with van der Waals surface area (Å²) in [5.74, 6) is -2.68. The predicted octanol–water partition coefficient (Wildman–Crippen LogP) is 2.16. The summed E-state index contributed by atoms with van der Waals surface area (Å²) in [5.41, 5.74) is 1.71. The van der Waals surface area contributed by atoms with Crippen LogP contribution in [0.1, 0.15) is 11.3 Å². The van der Waals surface area contributed by atoms with Crippen LogP contribution in [0.2, 0.25) is 0 Å².